The lowest BCUT2D eigenvalue weighted by Gasteiger charge is -2.16. The van der Waals surface area contributed by atoms with Gasteiger partial charge >= 0.3 is 0 Å². The van der Waals surface area contributed by atoms with E-state index < -0.39 is 0 Å². The van der Waals surface area contributed by atoms with Crippen LogP contribution in [0.3, 0.4) is 0 Å². The van der Waals surface area contributed by atoms with Gasteiger partial charge in [0.25, 0.3) is 0 Å². The van der Waals surface area contributed by atoms with Crippen molar-refractivity contribution in [3.05, 3.63) is 28.8 Å². The predicted octanol–water partition coefficient (Wildman–Crippen LogP) is 2.60. The summed E-state index contributed by atoms with van der Waals surface area (Å²) in [5.74, 6) is 0.801. The number of rotatable bonds is 6. The zero-order valence-electron chi connectivity index (χ0n) is 9.70. The van der Waals surface area contributed by atoms with Crippen molar-refractivity contribution >= 4 is 11.6 Å². The molecule has 0 aliphatic heterocycles. The first kappa shape index (κ1) is 13.3. The van der Waals surface area contributed by atoms with Crippen LogP contribution in [0.25, 0.3) is 0 Å². The lowest BCUT2D eigenvalue weighted by atomic mass is 10.2. The monoisotopic (exact) mass is 243 g/mol. The molecule has 0 saturated heterocycles. The van der Waals surface area contributed by atoms with E-state index in [-0.39, 0.29) is 6.10 Å². The van der Waals surface area contributed by atoms with Crippen molar-refractivity contribution in [3.63, 3.8) is 0 Å². The maximum absolute atomic E-state index is 5.88. The van der Waals surface area contributed by atoms with Crippen LogP contribution in [0.15, 0.2) is 18.2 Å². The lowest BCUT2D eigenvalue weighted by Crippen LogP contribution is -2.15. The van der Waals surface area contributed by atoms with Crippen molar-refractivity contribution in [1.29, 1.82) is 0 Å². The Morgan fingerprint density at radius 1 is 1.44 bits per heavy atom. The summed E-state index contributed by atoms with van der Waals surface area (Å²) < 4.78 is 10.8. The first-order valence-corrected chi connectivity index (χ1v) is 5.69. The van der Waals surface area contributed by atoms with Gasteiger partial charge in [-0.3, -0.25) is 0 Å². The predicted molar refractivity (Wildman–Crippen MR) is 65.9 cm³/mol. The third kappa shape index (κ3) is 4.00. The quantitative estimate of drug-likeness (QED) is 0.835. The van der Waals surface area contributed by atoms with Gasteiger partial charge in [-0.1, -0.05) is 11.6 Å². The van der Waals surface area contributed by atoms with Crippen molar-refractivity contribution in [3.8, 4) is 5.75 Å². The highest BCUT2D eigenvalue weighted by Crippen LogP contribution is 2.23. The van der Waals surface area contributed by atoms with Crippen molar-refractivity contribution in [1.82, 2.24) is 0 Å². The summed E-state index contributed by atoms with van der Waals surface area (Å²) in [6.45, 7) is 3.12. The maximum atomic E-state index is 5.88. The van der Waals surface area contributed by atoms with E-state index in [1.54, 1.807) is 13.2 Å². The largest absolute Gasteiger partial charge is 0.490 e. The molecule has 3 nitrogen and oxygen atoms in total. The number of halogens is 1. The Morgan fingerprint density at radius 2 is 2.19 bits per heavy atom. The second kappa shape index (κ2) is 6.74. The first-order chi connectivity index (χ1) is 7.67. The third-order valence-corrected chi connectivity index (χ3v) is 2.53. The van der Waals surface area contributed by atoms with Gasteiger partial charge in [0, 0.05) is 37.3 Å². The molecule has 0 spiro atoms. The highest BCUT2D eigenvalue weighted by atomic mass is 35.5. The molecule has 0 radical (unpaired) electrons. The van der Waals surface area contributed by atoms with E-state index in [1.807, 2.05) is 19.1 Å². The second-order valence-corrected chi connectivity index (χ2v) is 4.10. The Bertz CT molecular complexity index is 331. The highest BCUT2D eigenvalue weighted by Gasteiger charge is 2.08. The van der Waals surface area contributed by atoms with Gasteiger partial charge in [0.2, 0.25) is 0 Å². The van der Waals surface area contributed by atoms with E-state index in [4.69, 9.17) is 26.8 Å². The van der Waals surface area contributed by atoms with Crippen LogP contribution in [0, 0.1) is 0 Å². The van der Waals surface area contributed by atoms with Crippen LogP contribution >= 0.6 is 11.6 Å². The Hall–Kier alpha value is -0.770. The molecule has 1 aromatic carbocycles. The van der Waals surface area contributed by atoms with Crippen LogP contribution in [0.2, 0.25) is 5.02 Å². The van der Waals surface area contributed by atoms with E-state index >= 15 is 0 Å². The average molecular weight is 244 g/mol. The van der Waals surface area contributed by atoms with Crippen LogP contribution in [0.1, 0.15) is 18.9 Å². The van der Waals surface area contributed by atoms with Crippen LogP contribution in [0.5, 0.6) is 5.75 Å². The normalized spacial score (nSPS) is 12.5. The molecule has 0 aliphatic carbocycles. The standard InChI is InChI=1S/C12H18ClNO2/c1-9(5-6-15-2)16-12-4-3-11(13)7-10(12)8-14/h3-4,7,9H,5-6,8,14H2,1-2H3. The Morgan fingerprint density at radius 3 is 2.81 bits per heavy atom. The molecule has 0 amide bonds. The minimum absolute atomic E-state index is 0.103. The molecule has 0 fully saturated rings. The topological polar surface area (TPSA) is 44.5 Å². The molecule has 2 N–H and O–H groups in total. The molecule has 1 rings (SSSR count). The molecule has 0 aliphatic rings. The van der Waals surface area contributed by atoms with Crippen molar-refractivity contribution in [2.45, 2.75) is 26.0 Å². The van der Waals surface area contributed by atoms with Crippen molar-refractivity contribution in [2.24, 2.45) is 5.73 Å². The number of methoxy groups -OCH3 is 1. The summed E-state index contributed by atoms with van der Waals surface area (Å²) in [6.07, 6.45) is 0.954. The Kier molecular flexibility index (Phi) is 5.60. The molecule has 0 saturated carbocycles. The van der Waals surface area contributed by atoms with Crippen LogP contribution in [0.4, 0.5) is 0 Å². The van der Waals surface area contributed by atoms with Crippen LogP contribution in [-0.2, 0) is 11.3 Å². The first-order valence-electron chi connectivity index (χ1n) is 5.31. The third-order valence-electron chi connectivity index (χ3n) is 2.30. The molecule has 0 aromatic heterocycles. The van der Waals surface area contributed by atoms with Gasteiger partial charge in [0.15, 0.2) is 0 Å². The number of nitrogens with two attached hydrogens (primary N) is 1. The van der Waals surface area contributed by atoms with Gasteiger partial charge in [-0.15, -0.1) is 0 Å². The van der Waals surface area contributed by atoms with Gasteiger partial charge in [0.1, 0.15) is 5.75 Å². The number of hydrogen-bond donors (Lipinski definition) is 1. The van der Waals surface area contributed by atoms with Crippen LogP contribution < -0.4 is 10.5 Å². The fourth-order valence-electron chi connectivity index (χ4n) is 1.38. The summed E-state index contributed by atoms with van der Waals surface area (Å²) in [7, 11) is 1.68. The van der Waals surface area contributed by atoms with Crippen molar-refractivity contribution in [2.75, 3.05) is 13.7 Å². The minimum atomic E-state index is 0.103. The Balaban J connectivity index is 2.65. The number of ether oxygens (including phenoxy) is 2. The molecular formula is C12H18ClNO2. The molecule has 0 heterocycles. The molecule has 1 aromatic rings. The van der Waals surface area contributed by atoms with Crippen LogP contribution in [-0.4, -0.2) is 19.8 Å². The SMILES string of the molecule is COCCC(C)Oc1ccc(Cl)cc1CN. The molecule has 4 heteroatoms. The number of hydrogen-bond acceptors (Lipinski definition) is 3. The molecule has 0 bridgehead atoms. The second-order valence-electron chi connectivity index (χ2n) is 3.67. The summed E-state index contributed by atoms with van der Waals surface area (Å²) in [5.41, 5.74) is 6.56. The van der Waals surface area contributed by atoms with Crippen molar-refractivity contribution < 1.29 is 9.47 Å². The highest BCUT2D eigenvalue weighted by molar-refractivity contribution is 6.30. The minimum Gasteiger partial charge on any atom is -0.490 e. The molecule has 1 atom stereocenters. The Labute approximate surface area is 101 Å². The molecule has 1 unspecified atom stereocenters. The van der Waals surface area contributed by atoms with E-state index in [0.29, 0.717) is 18.2 Å². The van der Waals surface area contributed by atoms with E-state index in [9.17, 15) is 0 Å². The van der Waals surface area contributed by atoms with Gasteiger partial charge < -0.3 is 15.2 Å². The summed E-state index contributed by atoms with van der Waals surface area (Å²) in [5, 5.41) is 0.678. The fourth-order valence-corrected chi connectivity index (χ4v) is 1.58. The molecular weight excluding hydrogens is 226 g/mol. The summed E-state index contributed by atoms with van der Waals surface area (Å²) >= 11 is 5.88. The zero-order valence-corrected chi connectivity index (χ0v) is 10.5. The maximum Gasteiger partial charge on any atom is 0.124 e. The molecule has 90 valence electrons. The van der Waals surface area contributed by atoms with Gasteiger partial charge in [-0.2, -0.15) is 0 Å². The van der Waals surface area contributed by atoms with E-state index in [2.05, 4.69) is 0 Å². The van der Waals surface area contributed by atoms with Gasteiger partial charge in [0.05, 0.1) is 6.10 Å². The van der Waals surface area contributed by atoms with Gasteiger partial charge in [-0.25, -0.2) is 0 Å². The lowest BCUT2D eigenvalue weighted by molar-refractivity contribution is 0.134. The smallest absolute Gasteiger partial charge is 0.124 e. The summed E-state index contributed by atoms with van der Waals surface area (Å²) in [4.78, 5) is 0. The summed E-state index contributed by atoms with van der Waals surface area (Å²) in [6, 6.07) is 5.49. The molecule has 16 heavy (non-hydrogen) atoms. The number of benzene rings is 1. The fraction of sp³-hybridized carbons (Fsp3) is 0.500. The zero-order chi connectivity index (χ0) is 12.0. The van der Waals surface area contributed by atoms with E-state index in [1.165, 1.54) is 0 Å². The van der Waals surface area contributed by atoms with Gasteiger partial charge in [-0.05, 0) is 25.1 Å². The van der Waals surface area contributed by atoms with E-state index in [0.717, 1.165) is 17.7 Å². The average Bonchev–Trinajstić information content (AvgIpc) is 2.28.